The summed E-state index contributed by atoms with van der Waals surface area (Å²) in [6.45, 7) is 2.03. The molecule has 1 atom stereocenters. The van der Waals surface area contributed by atoms with Gasteiger partial charge in [-0.15, -0.1) is 0 Å². The van der Waals surface area contributed by atoms with Crippen molar-refractivity contribution >= 4 is 21.8 Å². The zero-order chi connectivity index (χ0) is 10.7. The second-order valence-corrected chi connectivity index (χ2v) is 7.24. The first-order valence-electron chi connectivity index (χ1n) is 5.48. The van der Waals surface area contributed by atoms with Crippen molar-refractivity contribution in [1.82, 2.24) is 9.62 Å². The van der Waals surface area contributed by atoms with Crippen molar-refractivity contribution in [2.24, 2.45) is 0 Å². The molecule has 15 heavy (non-hydrogen) atoms. The number of thioether (sulfide) groups is 1. The van der Waals surface area contributed by atoms with Gasteiger partial charge < -0.3 is 5.32 Å². The molecule has 0 aromatic rings. The summed E-state index contributed by atoms with van der Waals surface area (Å²) >= 11 is 1.88. The van der Waals surface area contributed by atoms with E-state index < -0.39 is 10.0 Å². The van der Waals surface area contributed by atoms with Crippen LogP contribution in [-0.4, -0.2) is 55.7 Å². The molecule has 2 rings (SSSR count). The SMILES string of the molecule is O=S1(=O)CCNCCN1C1CCCSC1. The van der Waals surface area contributed by atoms with Crippen LogP contribution in [0.2, 0.25) is 0 Å². The van der Waals surface area contributed by atoms with Crippen molar-refractivity contribution < 1.29 is 8.42 Å². The summed E-state index contributed by atoms with van der Waals surface area (Å²) in [5.74, 6) is 2.41. The van der Waals surface area contributed by atoms with Crippen LogP contribution in [0, 0.1) is 0 Å². The molecule has 1 N–H and O–H groups in total. The first kappa shape index (κ1) is 11.7. The van der Waals surface area contributed by atoms with Crippen LogP contribution >= 0.6 is 11.8 Å². The molecule has 0 amide bonds. The Hall–Kier alpha value is 0.220. The van der Waals surface area contributed by atoms with Gasteiger partial charge in [0.25, 0.3) is 0 Å². The first-order valence-corrected chi connectivity index (χ1v) is 8.24. The van der Waals surface area contributed by atoms with E-state index in [4.69, 9.17) is 0 Å². The maximum atomic E-state index is 12.0. The molecule has 1 unspecified atom stereocenters. The van der Waals surface area contributed by atoms with Crippen LogP contribution in [0.5, 0.6) is 0 Å². The molecule has 0 aromatic heterocycles. The fraction of sp³-hybridized carbons (Fsp3) is 1.00. The van der Waals surface area contributed by atoms with Crippen LogP contribution in [0.1, 0.15) is 12.8 Å². The molecule has 0 spiro atoms. The topological polar surface area (TPSA) is 49.4 Å². The highest BCUT2D eigenvalue weighted by molar-refractivity contribution is 7.99. The van der Waals surface area contributed by atoms with Crippen LogP contribution in [0.25, 0.3) is 0 Å². The summed E-state index contributed by atoms with van der Waals surface area (Å²) in [4.78, 5) is 0. The van der Waals surface area contributed by atoms with Gasteiger partial charge in [0.15, 0.2) is 0 Å². The van der Waals surface area contributed by atoms with Gasteiger partial charge in [-0.05, 0) is 18.6 Å². The van der Waals surface area contributed by atoms with Gasteiger partial charge in [0.1, 0.15) is 0 Å². The summed E-state index contributed by atoms with van der Waals surface area (Å²) in [5.41, 5.74) is 0. The summed E-state index contributed by atoms with van der Waals surface area (Å²) in [6.07, 6.45) is 2.18. The lowest BCUT2D eigenvalue weighted by Crippen LogP contribution is -2.44. The van der Waals surface area contributed by atoms with Crippen molar-refractivity contribution in [3.63, 3.8) is 0 Å². The maximum Gasteiger partial charge on any atom is 0.215 e. The molecule has 0 aromatic carbocycles. The smallest absolute Gasteiger partial charge is 0.215 e. The van der Waals surface area contributed by atoms with Crippen molar-refractivity contribution in [1.29, 1.82) is 0 Å². The summed E-state index contributed by atoms with van der Waals surface area (Å²) in [5, 5.41) is 3.14. The van der Waals surface area contributed by atoms with E-state index in [1.54, 1.807) is 4.31 Å². The van der Waals surface area contributed by atoms with E-state index >= 15 is 0 Å². The van der Waals surface area contributed by atoms with Gasteiger partial charge in [0.2, 0.25) is 10.0 Å². The minimum atomic E-state index is -3.00. The Morgan fingerprint density at radius 3 is 2.93 bits per heavy atom. The highest BCUT2D eigenvalue weighted by atomic mass is 32.2. The highest BCUT2D eigenvalue weighted by Gasteiger charge is 2.31. The molecule has 4 nitrogen and oxygen atoms in total. The number of rotatable bonds is 1. The van der Waals surface area contributed by atoms with E-state index in [0.717, 1.165) is 25.1 Å². The van der Waals surface area contributed by atoms with Gasteiger partial charge in [-0.1, -0.05) is 0 Å². The predicted octanol–water partition coefficient (Wildman–Crippen LogP) is 0.117. The lowest BCUT2D eigenvalue weighted by atomic mass is 10.2. The Balaban J connectivity index is 2.09. The zero-order valence-corrected chi connectivity index (χ0v) is 10.4. The molecule has 2 aliphatic rings. The summed E-state index contributed by atoms with van der Waals surface area (Å²) in [7, 11) is -3.00. The van der Waals surface area contributed by atoms with Gasteiger partial charge in [-0.3, -0.25) is 0 Å². The Morgan fingerprint density at radius 2 is 2.20 bits per heavy atom. The van der Waals surface area contributed by atoms with E-state index in [-0.39, 0.29) is 11.8 Å². The van der Waals surface area contributed by atoms with Gasteiger partial charge in [0.05, 0.1) is 5.75 Å². The van der Waals surface area contributed by atoms with Crippen molar-refractivity contribution in [2.75, 3.05) is 36.9 Å². The van der Waals surface area contributed by atoms with Crippen LogP contribution < -0.4 is 5.32 Å². The molecule has 0 radical (unpaired) electrons. The largest absolute Gasteiger partial charge is 0.314 e. The third-order valence-corrected chi connectivity index (χ3v) is 6.06. The van der Waals surface area contributed by atoms with Gasteiger partial charge in [0, 0.05) is 31.4 Å². The normalized spacial score (nSPS) is 33.5. The molecule has 2 fully saturated rings. The van der Waals surface area contributed by atoms with E-state index in [2.05, 4.69) is 5.32 Å². The third-order valence-electron chi connectivity index (χ3n) is 2.95. The molecule has 0 bridgehead atoms. The maximum absolute atomic E-state index is 12.0. The second kappa shape index (κ2) is 5.03. The fourth-order valence-electron chi connectivity index (χ4n) is 2.13. The monoisotopic (exact) mass is 250 g/mol. The highest BCUT2D eigenvalue weighted by Crippen LogP contribution is 2.24. The number of nitrogens with one attached hydrogen (secondary N) is 1. The molecule has 6 heteroatoms. The van der Waals surface area contributed by atoms with Crippen LogP contribution in [-0.2, 0) is 10.0 Å². The minimum Gasteiger partial charge on any atom is -0.314 e. The Labute approximate surface area is 95.8 Å². The van der Waals surface area contributed by atoms with E-state index in [9.17, 15) is 8.42 Å². The quantitative estimate of drug-likeness (QED) is 0.718. The molecular weight excluding hydrogens is 232 g/mol. The lowest BCUT2D eigenvalue weighted by molar-refractivity contribution is 0.328. The van der Waals surface area contributed by atoms with Gasteiger partial charge >= 0.3 is 0 Å². The van der Waals surface area contributed by atoms with E-state index in [0.29, 0.717) is 13.1 Å². The number of hydrogen-bond acceptors (Lipinski definition) is 4. The molecule has 88 valence electrons. The van der Waals surface area contributed by atoms with Gasteiger partial charge in [-0.25, -0.2) is 8.42 Å². The van der Waals surface area contributed by atoms with E-state index in [1.807, 2.05) is 11.8 Å². The Morgan fingerprint density at radius 1 is 1.33 bits per heavy atom. The average Bonchev–Trinajstić information content (AvgIpc) is 2.40. The number of nitrogens with zero attached hydrogens (tertiary/aromatic N) is 1. The van der Waals surface area contributed by atoms with E-state index in [1.165, 1.54) is 5.75 Å². The van der Waals surface area contributed by atoms with Gasteiger partial charge in [-0.2, -0.15) is 16.1 Å². The minimum absolute atomic E-state index is 0.244. The second-order valence-electron chi connectivity index (χ2n) is 4.05. The summed E-state index contributed by atoms with van der Waals surface area (Å²) < 4.78 is 25.7. The van der Waals surface area contributed by atoms with Crippen molar-refractivity contribution in [2.45, 2.75) is 18.9 Å². The molecule has 0 aliphatic carbocycles. The molecule has 2 saturated heterocycles. The third kappa shape index (κ3) is 2.87. The van der Waals surface area contributed by atoms with Crippen LogP contribution in [0.3, 0.4) is 0 Å². The lowest BCUT2D eigenvalue weighted by Gasteiger charge is -2.31. The first-order chi connectivity index (χ1) is 7.20. The standard InChI is InChI=1S/C9H18N2O2S2/c12-15(13)7-4-10-3-5-11(15)9-2-1-6-14-8-9/h9-10H,1-8H2. The fourth-order valence-corrected chi connectivity index (χ4v) is 5.02. The van der Waals surface area contributed by atoms with Crippen LogP contribution in [0.15, 0.2) is 0 Å². The molecule has 0 saturated carbocycles. The summed E-state index contributed by atoms with van der Waals surface area (Å²) in [6, 6.07) is 0.244. The number of sulfonamides is 1. The molecule has 2 aliphatic heterocycles. The average molecular weight is 250 g/mol. The van der Waals surface area contributed by atoms with Crippen molar-refractivity contribution in [3.05, 3.63) is 0 Å². The molecular formula is C9H18N2O2S2. The zero-order valence-electron chi connectivity index (χ0n) is 8.81. The molecule has 2 heterocycles. The number of hydrogen-bond donors (Lipinski definition) is 1. The Bertz CT molecular complexity index is 299. The Kier molecular flexibility index (Phi) is 3.93. The predicted molar refractivity (Wildman–Crippen MR) is 63.7 cm³/mol. The van der Waals surface area contributed by atoms with Crippen LogP contribution in [0.4, 0.5) is 0 Å². The van der Waals surface area contributed by atoms with Crippen molar-refractivity contribution in [3.8, 4) is 0 Å².